The van der Waals surface area contributed by atoms with E-state index in [1.165, 1.54) is 13.3 Å². The van der Waals surface area contributed by atoms with Crippen LogP contribution in [-0.4, -0.2) is 25.1 Å². The number of methoxy groups -OCH3 is 1. The van der Waals surface area contributed by atoms with E-state index >= 15 is 0 Å². The summed E-state index contributed by atoms with van der Waals surface area (Å²) in [4.78, 5) is 23.5. The number of rotatable bonds is 4. The summed E-state index contributed by atoms with van der Waals surface area (Å²) in [5.41, 5.74) is 1.21. The van der Waals surface area contributed by atoms with Gasteiger partial charge >= 0.3 is 18.0 Å². The number of benzene rings is 2. The van der Waals surface area contributed by atoms with E-state index in [4.69, 9.17) is 16.3 Å². The van der Waals surface area contributed by atoms with Gasteiger partial charge in [0.1, 0.15) is 5.75 Å². The highest BCUT2D eigenvalue weighted by molar-refractivity contribution is 6.39. The fourth-order valence-corrected chi connectivity index (χ4v) is 2.17. The summed E-state index contributed by atoms with van der Waals surface area (Å²) in [6.45, 7) is 0. The maximum absolute atomic E-state index is 12.8. The molecule has 2 aromatic rings. The fraction of sp³-hybridized carbons (Fsp3) is 0.118. The van der Waals surface area contributed by atoms with Gasteiger partial charge < -0.3 is 10.1 Å². The van der Waals surface area contributed by atoms with Gasteiger partial charge in [-0.3, -0.25) is 9.59 Å². The first-order chi connectivity index (χ1) is 12.7. The average molecular weight is 400 g/mol. The SMILES string of the molecule is COc1cccc(/C=N\NC(=O)C(=O)Nc2ccc(Cl)c(C(F)(F)F)c2)c1. The Labute approximate surface area is 157 Å². The Bertz CT molecular complexity index is 885. The van der Waals surface area contributed by atoms with Crippen molar-refractivity contribution in [1.29, 1.82) is 0 Å². The number of hydrazone groups is 1. The number of carbonyl (C=O) groups is 2. The Kier molecular flexibility index (Phi) is 6.40. The normalized spacial score (nSPS) is 11.3. The van der Waals surface area contributed by atoms with Gasteiger partial charge in [-0.05, 0) is 35.9 Å². The molecule has 0 aromatic heterocycles. The van der Waals surface area contributed by atoms with Gasteiger partial charge in [0.2, 0.25) is 0 Å². The molecule has 0 bridgehead atoms. The van der Waals surface area contributed by atoms with E-state index in [2.05, 4.69) is 5.10 Å². The molecule has 0 aliphatic rings. The fourth-order valence-electron chi connectivity index (χ4n) is 1.95. The molecule has 0 unspecified atom stereocenters. The van der Waals surface area contributed by atoms with Gasteiger partial charge in [-0.1, -0.05) is 23.7 Å². The summed E-state index contributed by atoms with van der Waals surface area (Å²) < 4.78 is 43.4. The van der Waals surface area contributed by atoms with Crippen molar-refractivity contribution >= 4 is 35.3 Å². The zero-order chi connectivity index (χ0) is 20.0. The van der Waals surface area contributed by atoms with E-state index in [0.29, 0.717) is 17.4 Å². The van der Waals surface area contributed by atoms with Crippen molar-refractivity contribution in [3.63, 3.8) is 0 Å². The third kappa shape index (κ3) is 5.71. The number of amides is 2. The minimum absolute atomic E-state index is 0.233. The molecule has 2 aromatic carbocycles. The smallest absolute Gasteiger partial charge is 0.417 e. The molecule has 2 N–H and O–H groups in total. The molecule has 6 nitrogen and oxygen atoms in total. The molecule has 0 saturated carbocycles. The largest absolute Gasteiger partial charge is 0.497 e. The second-order valence-corrected chi connectivity index (χ2v) is 5.53. The van der Waals surface area contributed by atoms with E-state index in [1.807, 2.05) is 10.7 Å². The lowest BCUT2D eigenvalue weighted by Gasteiger charge is -2.11. The lowest BCUT2D eigenvalue weighted by atomic mass is 10.2. The summed E-state index contributed by atoms with van der Waals surface area (Å²) in [6, 6.07) is 9.49. The molecular formula is C17H13ClF3N3O3. The zero-order valence-corrected chi connectivity index (χ0v) is 14.6. The predicted octanol–water partition coefficient (Wildman–Crippen LogP) is 3.46. The Morgan fingerprint density at radius 2 is 1.89 bits per heavy atom. The Morgan fingerprint density at radius 1 is 1.15 bits per heavy atom. The third-order valence-electron chi connectivity index (χ3n) is 3.21. The van der Waals surface area contributed by atoms with Crippen LogP contribution in [0.25, 0.3) is 0 Å². The number of ether oxygens (including phenoxy) is 1. The van der Waals surface area contributed by atoms with Gasteiger partial charge in [-0.2, -0.15) is 18.3 Å². The molecule has 0 aliphatic carbocycles. The summed E-state index contributed by atoms with van der Waals surface area (Å²) in [5, 5.41) is 5.13. The monoisotopic (exact) mass is 399 g/mol. The van der Waals surface area contributed by atoms with Crippen LogP contribution in [-0.2, 0) is 15.8 Å². The molecule has 0 spiro atoms. The Balaban J connectivity index is 1.99. The van der Waals surface area contributed by atoms with E-state index in [-0.39, 0.29) is 5.69 Å². The number of anilines is 1. The second kappa shape index (κ2) is 8.54. The molecule has 0 radical (unpaired) electrons. The van der Waals surface area contributed by atoms with Crippen molar-refractivity contribution in [3.05, 3.63) is 58.6 Å². The quantitative estimate of drug-likeness (QED) is 0.469. The topological polar surface area (TPSA) is 79.8 Å². The van der Waals surface area contributed by atoms with Gasteiger partial charge in [-0.25, -0.2) is 5.43 Å². The minimum atomic E-state index is -4.69. The summed E-state index contributed by atoms with van der Waals surface area (Å²) in [5.74, 6) is -1.77. The third-order valence-corrected chi connectivity index (χ3v) is 3.54. The standard InChI is InChI=1S/C17H13ClF3N3O3/c1-27-12-4-2-3-10(7-12)9-22-24-16(26)15(25)23-11-5-6-14(18)13(8-11)17(19,20)21/h2-9H,1H3,(H,23,25)(H,24,26)/b22-9-. The van der Waals surface area contributed by atoms with Gasteiger partial charge in [0.05, 0.1) is 23.9 Å². The molecule has 2 rings (SSSR count). The highest BCUT2D eigenvalue weighted by Gasteiger charge is 2.33. The molecule has 0 aliphatic heterocycles. The predicted molar refractivity (Wildman–Crippen MR) is 93.8 cm³/mol. The first-order valence-electron chi connectivity index (χ1n) is 7.36. The number of nitrogens with zero attached hydrogens (tertiary/aromatic N) is 1. The Morgan fingerprint density at radius 3 is 2.56 bits per heavy atom. The van der Waals surface area contributed by atoms with Crippen LogP contribution in [0.15, 0.2) is 47.6 Å². The molecule has 0 heterocycles. The Hall–Kier alpha value is -3.07. The lowest BCUT2D eigenvalue weighted by Crippen LogP contribution is -2.32. The number of hydrogen-bond donors (Lipinski definition) is 2. The summed E-state index contributed by atoms with van der Waals surface area (Å²) in [6.07, 6.45) is -3.42. The first-order valence-corrected chi connectivity index (χ1v) is 7.73. The molecule has 2 amide bonds. The lowest BCUT2D eigenvalue weighted by molar-refractivity contribution is -0.137. The molecular weight excluding hydrogens is 387 g/mol. The summed E-state index contributed by atoms with van der Waals surface area (Å²) >= 11 is 5.49. The maximum Gasteiger partial charge on any atom is 0.417 e. The zero-order valence-electron chi connectivity index (χ0n) is 13.8. The van der Waals surface area contributed by atoms with Crippen molar-refractivity contribution in [1.82, 2.24) is 5.43 Å². The molecule has 0 atom stereocenters. The van der Waals surface area contributed by atoms with Gasteiger partial charge in [0.25, 0.3) is 0 Å². The van der Waals surface area contributed by atoms with E-state index in [1.54, 1.807) is 24.3 Å². The van der Waals surface area contributed by atoms with Crippen LogP contribution in [0.5, 0.6) is 5.75 Å². The minimum Gasteiger partial charge on any atom is -0.497 e. The number of halogens is 4. The van der Waals surface area contributed by atoms with E-state index in [0.717, 1.165) is 12.1 Å². The van der Waals surface area contributed by atoms with Crippen molar-refractivity contribution in [3.8, 4) is 5.75 Å². The van der Waals surface area contributed by atoms with Gasteiger partial charge in [-0.15, -0.1) is 0 Å². The van der Waals surface area contributed by atoms with Crippen molar-refractivity contribution < 1.29 is 27.5 Å². The molecule has 142 valence electrons. The van der Waals surface area contributed by atoms with Crippen LogP contribution in [0.2, 0.25) is 5.02 Å². The maximum atomic E-state index is 12.8. The number of carbonyl (C=O) groups excluding carboxylic acids is 2. The average Bonchev–Trinajstić information content (AvgIpc) is 2.62. The van der Waals surface area contributed by atoms with Crippen molar-refractivity contribution in [2.24, 2.45) is 5.10 Å². The van der Waals surface area contributed by atoms with Crippen LogP contribution in [0, 0.1) is 0 Å². The highest BCUT2D eigenvalue weighted by atomic mass is 35.5. The van der Waals surface area contributed by atoms with Gasteiger partial charge in [0.15, 0.2) is 0 Å². The number of alkyl halides is 3. The molecule has 0 saturated heterocycles. The first kappa shape index (κ1) is 20.2. The van der Waals surface area contributed by atoms with Crippen LogP contribution in [0.1, 0.15) is 11.1 Å². The number of hydrogen-bond acceptors (Lipinski definition) is 4. The molecule has 0 fully saturated rings. The van der Waals surface area contributed by atoms with Crippen molar-refractivity contribution in [2.75, 3.05) is 12.4 Å². The van der Waals surface area contributed by atoms with Crippen LogP contribution < -0.4 is 15.5 Å². The van der Waals surface area contributed by atoms with Gasteiger partial charge in [0, 0.05) is 5.69 Å². The van der Waals surface area contributed by atoms with Crippen LogP contribution >= 0.6 is 11.6 Å². The van der Waals surface area contributed by atoms with Crippen LogP contribution in [0.4, 0.5) is 18.9 Å². The van der Waals surface area contributed by atoms with E-state index < -0.39 is 28.6 Å². The van der Waals surface area contributed by atoms with Crippen molar-refractivity contribution in [2.45, 2.75) is 6.18 Å². The highest BCUT2D eigenvalue weighted by Crippen LogP contribution is 2.36. The van der Waals surface area contributed by atoms with E-state index in [9.17, 15) is 22.8 Å². The second-order valence-electron chi connectivity index (χ2n) is 5.12. The van der Waals surface area contributed by atoms with Crippen LogP contribution in [0.3, 0.4) is 0 Å². The molecule has 27 heavy (non-hydrogen) atoms. The summed E-state index contributed by atoms with van der Waals surface area (Å²) in [7, 11) is 1.49. The number of nitrogens with one attached hydrogen (secondary N) is 2. The molecule has 10 heteroatoms.